The van der Waals surface area contributed by atoms with E-state index in [1.54, 1.807) is 6.92 Å². The van der Waals surface area contributed by atoms with Crippen LogP contribution in [-0.2, 0) is 14.3 Å². The van der Waals surface area contributed by atoms with Crippen LogP contribution in [0.15, 0.2) is 12.2 Å². The first kappa shape index (κ1) is 13.7. The first-order valence-electron chi connectivity index (χ1n) is 5.19. The predicted octanol–water partition coefficient (Wildman–Crippen LogP) is 1.93. The number of unbranched alkanes of at least 4 members (excludes halogenated alkanes) is 1. The molecule has 0 aliphatic carbocycles. The molecule has 0 saturated carbocycles. The van der Waals surface area contributed by atoms with Crippen molar-refractivity contribution in [3.63, 3.8) is 0 Å². The van der Waals surface area contributed by atoms with Gasteiger partial charge >= 0.3 is 5.97 Å². The van der Waals surface area contributed by atoms with E-state index in [4.69, 9.17) is 4.74 Å². The van der Waals surface area contributed by atoms with Gasteiger partial charge < -0.3 is 9.47 Å². The summed E-state index contributed by atoms with van der Waals surface area (Å²) in [6.45, 7) is 5.02. The zero-order valence-electron chi connectivity index (χ0n) is 9.41. The minimum atomic E-state index is -0.498. The standard InChI is InChI=1S/C12H18O3/c1-3-5-6-7-10-14-11-8-9-12(13)15-4-2/h6-7H,3-5,10-11H2,1-2H3/b7-6-. The Labute approximate surface area is 91.5 Å². The number of ether oxygens (including phenoxy) is 2. The molecular formula is C12H18O3. The van der Waals surface area contributed by atoms with Crippen molar-refractivity contribution < 1.29 is 14.3 Å². The highest BCUT2D eigenvalue weighted by atomic mass is 16.5. The highest BCUT2D eigenvalue weighted by molar-refractivity contribution is 5.88. The Morgan fingerprint density at radius 3 is 2.80 bits per heavy atom. The summed E-state index contributed by atoms with van der Waals surface area (Å²) in [5.74, 6) is 4.41. The maximum Gasteiger partial charge on any atom is 0.384 e. The summed E-state index contributed by atoms with van der Waals surface area (Å²) in [6, 6.07) is 0. The molecule has 15 heavy (non-hydrogen) atoms. The molecule has 0 aliphatic heterocycles. The van der Waals surface area contributed by atoms with Gasteiger partial charge in [0.2, 0.25) is 0 Å². The summed E-state index contributed by atoms with van der Waals surface area (Å²) in [5, 5.41) is 0. The van der Waals surface area contributed by atoms with Crippen LogP contribution in [0.1, 0.15) is 26.7 Å². The third kappa shape index (κ3) is 10.7. The summed E-state index contributed by atoms with van der Waals surface area (Å²) >= 11 is 0. The van der Waals surface area contributed by atoms with Gasteiger partial charge in [0.25, 0.3) is 0 Å². The second-order valence-corrected chi connectivity index (χ2v) is 2.80. The Morgan fingerprint density at radius 2 is 2.13 bits per heavy atom. The molecule has 0 N–H and O–H groups in total. The topological polar surface area (TPSA) is 35.5 Å². The molecule has 0 spiro atoms. The average Bonchev–Trinajstić information content (AvgIpc) is 2.22. The lowest BCUT2D eigenvalue weighted by molar-refractivity contribution is -0.136. The van der Waals surface area contributed by atoms with Gasteiger partial charge in [-0.15, -0.1) is 0 Å². The van der Waals surface area contributed by atoms with E-state index in [1.807, 2.05) is 6.08 Å². The molecule has 0 aliphatic rings. The van der Waals surface area contributed by atoms with E-state index in [0.717, 1.165) is 12.8 Å². The van der Waals surface area contributed by atoms with E-state index in [9.17, 15) is 4.79 Å². The molecule has 0 radical (unpaired) electrons. The van der Waals surface area contributed by atoms with E-state index in [-0.39, 0.29) is 6.61 Å². The fourth-order valence-corrected chi connectivity index (χ4v) is 0.806. The van der Waals surface area contributed by atoms with Gasteiger partial charge in [0, 0.05) is 5.92 Å². The zero-order valence-corrected chi connectivity index (χ0v) is 9.41. The first-order chi connectivity index (χ1) is 7.31. The fraction of sp³-hybridized carbons (Fsp3) is 0.583. The van der Waals surface area contributed by atoms with Gasteiger partial charge in [-0.2, -0.15) is 0 Å². The molecule has 0 aromatic heterocycles. The van der Waals surface area contributed by atoms with Crippen LogP contribution in [0, 0.1) is 11.8 Å². The molecule has 0 aromatic carbocycles. The summed E-state index contributed by atoms with van der Waals surface area (Å²) in [6.07, 6.45) is 6.23. The van der Waals surface area contributed by atoms with Crippen LogP contribution in [0.3, 0.4) is 0 Å². The molecule has 0 amide bonds. The van der Waals surface area contributed by atoms with Crippen molar-refractivity contribution in [3.05, 3.63) is 12.2 Å². The maximum absolute atomic E-state index is 10.8. The van der Waals surface area contributed by atoms with Crippen molar-refractivity contribution >= 4 is 5.97 Å². The van der Waals surface area contributed by atoms with Crippen LogP contribution < -0.4 is 0 Å². The van der Waals surface area contributed by atoms with Crippen LogP contribution in [0.5, 0.6) is 0 Å². The van der Waals surface area contributed by atoms with Crippen LogP contribution in [0.4, 0.5) is 0 Å². The molecule has 0 unspecified atom stereocenters. The van der Waals surface area contributed by atoms with Gasteiger partial charge in [-0.05, 0) is 13.3 Å². The van der Waals surface area contributed by atoms with Crippen molar-refractivity contribution in [2.24, 2.45) is 0 Å². The summed E-state index contributed by atoms with van der Waals surface area (Å²) in [5.41, 5.74) is 0. The molecule has 0 saturated heterocycles. The Morgan fingerprint density at radius 1 is 1.33 bits per heavy atom. The fourth-order valence-electron chi connectivity index (χ4n) is 0.806. The molecule has 0 bridgehead atoms. The van der Waals surface area contributed by atoms with Gasteiger partial charge in [-0.25, -0.2) is 4.79 Å². The van der Waals surface area contributed by atoms with Crippen molar-refractivity contribution in [1.29, 1.82) is 0 Å². The van der Waals surface area contributed by atoms with Crippen LogP contribution in [-0.4, -0.2) is 25.8 Å². The first-order valence-corrected chi connectivity index (χ1v) is 5.19. The molecule has 3 nitrogen and oxygen atoms in total. The molecular weight excluding hydrogens is 192 g/mol. The average molecular weight is 210 g/mol. The molecule has 84 valence electrons. The number of carbonyl (C=O) groups excluding carboxylic acids is 1. The highest BCUT2D eigenvalue weighted by Crippen LogP contribution is 1.88. The van der Waals surface area contributed by atoms with E-state index in [2.05, 4.69) is 29.6 Å². The number of hydrogen-bond acceptors (Lipinski definition) is 3. The molecule has 0 atom stereocenters. The number of rotatable bonds is 6. The molecule has 3 heteroatoms. The van der Waals surface area contributed by atoms with E-state index in [0.29, 0.717) is 13.2 Å². The van der Waals surface area contributed by atoms with E-state index >= 15 is 0 Å². The number of esters is 1. The Hall–Kier alpha value is -1.27. The quantitative estimate of drug-likeness (QED) is 0.221. The molecule has 0 heterocycles. The van der Waals surface area contributed by atoms with Crippen LogP contribution in [0.2, 0.25) is 0 Å². The predicted molar refractivity (Wildman–Crippen MR) is 59.3 cm³/mol. The van der Waals surface area contributed by atoms with Crippen molar-refractivity contribution in [2.75, 3.05) is 19.8 Å². The van der Waals surface area contributed by atoms with Crippen molar-refractivity contribution in [2.45, 2.75) is 26.7 Å². The van der Waals surface area contributed by atoms with Crippen molar-refractivity contribution in [1.82, 2.24) is 0 Å². The van der Waals surface area contributed by atoms with Gasteiger partial charge in [0.1, 0.15) is 6.61 Å². The van der Waals surface area contributed by atoms with Gasteiger partial charge in [-0.1, -0.05) is 31.4 Å². The lowest BCUT2D eigenvalue weighted by atomic mass is 10.3. The minimum Gasteiger partial charge on any atom is -0.456 e. The monoisotopic (exact) mass is 210 g/mol. The summed E-state index contributed by atoms with van der Waals surface area (Å²) in [4.78, 5) is 10.8. The van der Waals surface area contributed by atoms with Crippen molar-refractivity contribution in [3.8, 4) is 11.8 Å². The third-order valence-corrected chi connectivity index (χ3v) is 1.48. The minimum absolute atomic E-state index is 0.259. The molecule has 0 rings (SSSR count). The smallest absolute Gasteiger partial charge is 0.384 e. The SMILES string of the molecule is CCC/C=C\COCC#CC(=O)OCC. The number of hydrogen-bond donors (Lipinski definition) is 0. The Kier molecular flexibility index (Phi) is 9.89. The Bertz CT molecular complexity index is 245. The van der Waals surface area contributed by atoms with Crippen LogP contribution in [0.25, 0.3) is 0 Å². The lowest BCUT2D eigenvalue weighted by Crippen LogP contribution is -2.00. The van der Waals surface area contributed by atoms with Gasteiger partial charge in [0.05, 0.1) is 13.2 Å². The zero-order chi connectivity index (χ0) is 11.4. The number of carbonyl (C=O) groups is 1. The number of allylic oxidation sites excluding steroid dienone is 1. The van der Waals surface area contributed by atoms with E-state index < -0.39 is 5.97 Å². The van der Waals surface area contributed by atoms with Gasteiger partial charge in [-0.3, -0.25) is 0 Å². The maximum atomic E-state index is 10.8. The summed E-state index contributed by atoms with van der Waals surface area (Å²) in [7, 11) is 0. The molecule has 0 aromatic rings. The van der Waals surface area contributed by atoms with Gasteiger partial charge in [0.15, 0.2) is 0 Å². The van der Waals surface area contributed by atoms with Crippen LogP contribution >= 0.6 is 0 Å². The Balaban J connectivity index is 3.40. The second kappa shape index (κ2) is 10.8. The molecule has 0 fully saturated rings. The van der Waals surface area contributed by atoms with E-state index in [1.165, 1.54) is 0 Å². The largest absolute Gasteiger partial charge is 0.456 e. The normalized spacial score (nSPS) is 9.73. The highest BCUT2D eigenvalue weighted by Gasteiger charge is 1.90. The third-order valence-electron chi connectivity index (χ3n) is 1.48. The lowest BCUT2D eigenvalue weighted by Gasteiger charge is -1.93. The second-order valence-electron chi connectivity index (χ2n) is 2.80. The summed E-state index contributed by atoms with van der Waals surface area (Å²) < 4.78 is 9.76.